The highest BCUT2D eigenvalue weighted by Crippen LogP contribution is 2.29. The second kappa shape index (κ2) is 4.37. The Bertz CT molecular complexity index is 353. The molecule has 1 aromatic rings. The average molecular weight is 221 g/mol. The number of hydrogen-bond donors (Lipinski definition) is 0. The summed E-state index contributed by atoms with van der Waals surface area (Å²) in [6, 6.07) is 4.16. The molecule has 0 bridgehead atoms. The standard InChI is InChI=1S/C9H7ClF2O2/c1-5(13)6-3-2-4-7(8(6)10)14-9(11)12/h2-4,9H,1H3. The molecule has 0 heterocycles. The second-order valence-corrected chi connectivity index (χ2v) is 2.93. The minimum absolute atomic E-state index is 0.0831. The van der Waals surface area contributed by atoms with E-state index < -0.39 is 6.61 Å². The van der Waals surface area contributed by atoms with E-state index in [1.165, 1.54) is 25.1 Å². The van der Waals surface area contributed by atoms with Crippen molar-refractivity contribution in [3.8, 4) is 5.75 Å². The van der Waals surface area contributed by atoms with E-state index in [0.29, 0.717) is 0 Å². The van der Waals surface area contributed by atoms with Gasteiger partial charge in [-0.1, -0.05) is 17.7 Å². The summed E-state index contributed by atoms with van der Waals surface area (Å²) >= 11 is 5.67. The van der Waals surface area contributed by atoms with Crippen molar-refractivity contribution < 1.29 is 18.3 Å². The molecule has 0 aliphatic rings. The van der Waals surface area contributed by atoms with Crippen LogP contribution in [-0.2, 0) is 0 Å². The largest absolute Gasteiger partial charge is 0.433 e. The van der Waals surface area contributed by atoms with Gasteiger partial charge < -0.3 is 4.74 Å². The van der Waals surface area contributed by atoms with Crippen LogP contribution in [0.2, 0.25) is 5.02 Å². The zero-order valence-electron chi connectivity index (χ0n) is 7.26. The van der Waals surface area contributed by atoms with Gasteiger partial charge in [-0.25, -0.2) is 0 Å². The first-order chi connectivity index (χ1) is 6.52. The second-order valence-electron chi connectivity index (χ2n) is 2.55. The number of rotatable bonds is 3. The van der Waals surface area contributed by atoms with Crippen molar-refractivity contribution in [1.82, 2.24) is 0 Å². The van der Waals surface area contributed by atoms with Crippen LogP contribution in [0.1, 0.15) is 17.3 Å². The molecule has 14 heavy (non-hydrogen) atoms. The third kappa shape index (κ3) is 2.42. The van der Waals surface area contributed by atoms with Gasteiger partial charge in [0.05, 0.1) is 5.02 Å². The summed E-state index contributed by atoms with van der Waals surface area (Å²) in [6.45, 7) is -1.65. The summed E-state index contributed by atoms with van der Waals surface area (Å²) in [5.41, 5.74) is 0.171. The van der Waals surface area contributed by atoms with Crippen LogP contribution in [0.25, 0.3) is 0 Å². The molecule has 5 heteroatoms. The Hall–Kier alpha value is -1.16. The molecule has 0 N–H and O–H groups in total. The van der Waals surface area contributed by atoms with Gasteiger partial charge in [0, 0.05) is 5.56 Å². The lowest BCUT2D eigenvalue weighted by atomic mass is 10.1. The van der Waals surface area contributed by atoms with Gasteiger partial charge in [0.25, 0.3) is 0 Å². The van der Waals surface area contributed by atoms with E-state index >= 15 is 0 Å². The Morgan fingerprint density at radius 1 is 1.50 bits per heavy atom. The van der Waals surface area contributed by atoms with Crippen LogP contribution in [0.3, 0.4) is 0 Å². The van der Waals surface area contributed by atoms with Crippen molar-refractivity contribution in [3.63, 3.8) is 0 Å². The Labute approximate surface area is 84.4 Å². The molecule has 0 amide bonds. The highest BCUT2D eigenvalue weighted by molar-refractivity contribution is 6.35. The number of hydrogen-bond acceptors (Lipinski definition) is 2. The Kier molecular flexibility index (Phi) is 3.41. The van der Waals surface area contributed by atoms with E-state index in [1.54, 1.807) is 0 Å². The molecule has 0 saturated carbocycles. The lowest BCUT2D eigenvalue weighted by molar-refractivity contribution is -0.0498. The average Bonchev–Trinajstić information content (AvgIpc) is 2.07. The molecule has 1 rings (SSSR count). The van der Waals surface area contributed by atoms with Crippen molar-refractivity contribution in [1.29, 1.82) is 0 Å². The zero-order valence-corrected chi connectivity index (χ0v) is 8.02. The van der Waals surface area contributed by atoms with Crippen LogP contribution in [0.5, 0.6) is 5.75 Å². The van der Waals surface area contributed by atoms with Crippen molar-refractivity contribution >= 4 is 17.4 Å². The van der Waals surface area contributed by atoms with Gasteiger partial charge in [0.15, 0.2) is 5.78 Å². The Balaban J connectivity index is 3.07. The molecule has 1 aromatic carbocycles. The number of carbonyl (C=O) groups excluding carboxylic acids is 1. The van der Waals surface area contributed by atoms with Gasteiger partial charge in [-0.05, 0) is 19.1 Å². The van der Waals surface area contributed by atoms with Crippen molar-refractivity contribution in [2.24, 2.45) is 0 Å². The lowest BCUT2D eigenvalue weighted by Gasteiger charge is -2.08. The fourth-order valence-electron chi connectivity index (χ4n) is 0.970. The van der Waals surface area contributed by atoms with Crippen LogP contribution in [0.15, 0.2) is 18.2 Å². The van der Waals surface area contributed by atoms with E-state index in [1.807, 2.05) is 0 Å². The fraction of sp³-hybridized carbons (Fsp3) is 0.222. The highest BCUT2D eigenvalue weighted by atomic mass is 35.5. The summed E-state index contributed by atoms with van der Waals surface area (Å²) in [5.74, 6) is -0.482. The highest BCUT2D eigenvalue weighted by Gasteiger charge is 2.13. The molecule has 0 radical (unpaired) electrons. The first kappa shape index (κ1) is 10.9. The van der Waals surface area contributed by atoms with Crippen LogP contribution < -0.4 is 4.74 Å². The number of alkyl halides is 2. The van der Waals surface area contributed by atoms with E-state index in [0.717, 1.165) is 0 Å². The van der Waals surface area contributed by atoms with Gasteiger partial charge in [-0.3, -0.25) is 4.79 Å². The number of benzene rings is 1. The van der Waals surface area contributed by atoms with Crippen molar-refractivity contribution in [2.75, 3.05) is 0 Å². The molecule has 0 aromatic heterocycles. The first-order valence-corrected chi connectivity index (χ1v) is 4.14. The van der Waals surface area contributed by atoms with Crippen molar-refractivity contribution in [2.45, 2.75) is 13.5 Å². The van der Waals surface area contributed by atoms with E-state index in [-0.39, 0.29) is 22.1 Å². The Morgan fingerprint density at radius 3 is 2.64 bits per heavy atom. The van der Waals surface area contributed by atoms with Gasteiger partial charge in [-0.15, -0.1) is 0 Å². The van der Waals surface area contributed by atoms with E-state index in [2.05, 4.69) is 4.74 Å². The van der Waals surface area contributed by atoms with E-state index in [9.17, 15) is 13.6 Å². The van der Waals surface area contributed by atoms with Gasteiger partial charge >= 0.3 is 6.61 Å². The normalized spacial score (nSPS) is 10.4. The van der Waals surface area contributed by atoms with Crippen LogP contribution in [0.4, 0.5) is 8.78 Å². The minimum atomic E-state index is -2.95. The third-order valence-electron chi connectivity index (χ3n) is 1.56. The maximum absolute atomic E-state index is 11.9. The molecule has 0 aliphatic heterocycles. The van der Waals surface area contributed by atoms with Gasteiger partial charge in [0.2, 0.25) is 0 Å². The van der Waals surface area contributed by atoms with Crippen molar-refractivity contribution in [3.05, 3.63) is 28.8 Å². The number of halogens is 3. The number of carbonyl (C=O) groups is 1. The topological polar surface area (TPSA) is 26.3 Å². The summed E-state index contributed by atoms with van der Waals surface area (Å²) in [4.78, 5) is 11.0. The molecule has 0 fully saturated rings. The molecular weight excluding hydrogens is 214 g/mol. The summed E-state index contributed by atoms with van der Waals surface area (Å²) in [6.07, 6.45) is 0. The SMILES string of the molecule is CC(=O)c1cccc(OC(F)F)c1Cl. The molecule has 0 aliphatic carbocycles. The maximum Gasteiger partial charge on any atom is 0.387 e. The smallest absolute Gasteiger partial charge is 0.387 e. The minimum Gasteiger partial charge on any atom is -0.433 e. The lowest BCUT2D eigenvalue weighted by Crippen LogP contribution is -2.04. The molecule has 76 valence electrons. The quantitative estimate of drug-likeness (QED) is 0.732. The number of Topliss-reactive ketones (excluding diaryl/α,β-unsaturated/α-hetero) is 1. The summed E-state index contributed by atoms with van der Waals surface area (Å²) in [7, 11) is 0. The summed E-state index contributed by atoms with van der Waals surface area (Å²) < 4.78 is 27.9. The van der Waals surface area contributed by atoms with Crippen LogP contribution >= 0.6 is 11.6 Å². The number of ketones is 1. The van der Waals surface area contributed by atoms with Gasteiger partial charge in [0.1, 0.15) is 5.75 Å². The van der Waals surface area contributed by atoms with Crippen LogP contribution in [0, 0.1) is 0 Å². The van der Waals surface area contributed by atoms with E-state index in [4.69, 9.17) is 11.6 Å². The molecule has 0 unspecified atom stereocenters. The Morgan fingerprint density at radius 2 is 2.14 bits per heavy atom. The zero-order chi connectivity index (χ0) is 10.7. The van der Waals surface area contributed by atoms with Gasteiger partial charge in [-0.2, -0.15) is 8.78 Å². The maximum atomic E-state index is 11.9. The molecular formula is C9H7ClF2O2. The summed E-state index contributed by atoms with van der Waals surface area (Å²) in [5, 5.41) is -0.0831. The molecule has 0 spiro atoms. The molecule has 0 atom stereocenters. The predicted molar refractivity (Wildman–Crippen MR) is 48.1 cm³/mol. The molecule has 0 saturated heterocycles. The third-order valence-corrected chi connectivity index (χ3v) is 1.95. The van der Waals surface area contributed by atoms with Crippen LogP contribution in [-0.4, -0.2) is 12.4 Å². The monoisotopic (exact) mass is 220 g/mol. The fourth-order valence-corrected chi connectivity index (χ4v) is 1.27. The predicted octanol–water partition coefficient (Wildman–Crippen LogP) is 3.14. The number of ether oxygens (including phenoxy) is 1. The first-order valence-electron chi connectivity index (χ1n) is 3.76. The molecule has 2 nitrogen and oxygen atoms in total.